The minimum absolute atomic E-state index is 0.748. The molecule has 1 unspecified atom stereocenters. The van der Waals surface area contributed by atoms with Crippen molar-refractivity contribution in [3.8, 4) is 0 Å². The summed E-state index contributed by atoms with van der Waals surface area (Å²) in [6.07, 6.45) is 6.89. The fourth-order valence-corrected chi connectivity index (χ4v) is 3.53. The summed E-state index contributed by atoms with van der Waals surface area (Å²) in [5.74, 6) is 0.748. The number of benzene rings is 1. The summed E-state index contributed by atoms with van der Waals surface area (Å²) in [4.78, 5) is 1.43. The number of thioether (sulfide) groups is 1. The van der Waals surface area contributed by atoms with Crippen molar-refractivity contribution < 1.29 is 0 Å². The van der Waals surface area contributed by atoms with E-state index in [4.69, 9.17) is 0 Å². The van der Waals surface area contributed by atoms with Crippen LogP contribution in [0.4, 0.5) is 5.69 Å². The van der Waals surface area contributed by atoms with E-state index in [1.165, 1.54) is 42.7 Å². The van der Waals surface area contributed by atoms with Crippen LogP contribution < -0.4 is 5.32 Å². The summed E-state index contributed by atoms with van der Waals surface area (Å²) in [7, 11) is 0. The van der Waals surface area contributed by atoms with Gasteiger partial charge >= 0.3 is 0 Å². The SMILES string of the molecule is CCC(C)CNc1ccc(SC2CCCC2)cc1. The van der Waals surface area contributed by atoms with Gasteiger partial charge in [0, 0.05) is 22.4 Å². The van der Waals surface area contributed by atoms with Gasteiger partial charge in [0.15, 0.2) is 0 Å². The van der Waals surface area contributed by atoms with E-state index in [0.29, 0.717) is 0 Å². The van der Waals surface area contributed by atoms with E-state index in [2.05, 4.69) is 55.2 Å². The molecule has 1 nitrogen and oxygen atoms in total. The Morgan fingerprint density at radius 2 is 1.89 bits per heavy atom. The van der Waals surface area contributed by atoms with Crippen LogP contribution in [-0.4, -0.2) is 11.8 Å². The first kappa shape index (κ1) is 13.8. The second-order valence-electron chi connectivity index (χ2n) is 5.44. The first-order chi connectivity index (χ1) is 8.78. The van der Waals surface area contributed by atoms with Crippen molar-refractivity contribution in [2.75, 3.05) is 11.9 Å². The first-order valence-corrected chi connectivity index (χ1v) is 8.16. The van der Waals surface area contributed by atoms with Crippen LogP contribution in [0.5, 0.6) is 0 Å². The van der Waals surface area contributed by atoms with Crippen LogP contribution in [0.15, 0.2) is 29.2 Å². The Hall–Kier alpha value is -0.630. The number of hydrogen-bond donors (Lipinski definition) is 1. The lowest BCUT2D eigenvalue weighted by atomic mass is 10.1. The van der Waals surface area contributed by atoms with Gasteiger partial charge in [-0.15, -0.1) is 11.8 Å². The summed E-state index contributed by atoms with van der Waals surface area (Å²) in [6.45, 7) is 5.61. The molecule has 0 aliphatic heterocycles. The Balaban J connectivity index is 1.81. The van der Waals surface area contributed by atoms with Gasteiger partial charge in [0.05, 0.1) is 0 Å². The van der Waals surface area contributed by atoms with Crippen molar-refractivity contribution in [2.45, 2.75) is 56.1 Å². The second kappa shape index (κ2) is 7.08. The topological polar surface area (TPSA) is 12.0 Å². The largest absolute Gasteiger partial charge is 0.385 e. The molecule has 1 aromatic rings. The van der Waals surface area contributed by atoms with E-state index in [0.717, 1.165) is 17.7 Å². The Labute approximate surface area is 116 Å². The van der Waals surface area contributed by atoms with E-state index in [9.17, 15) is 0 Å². The zero-order valence-electron chi connectivity index (χ0n) is 11.6. The molecule has 1 saturated carbocycles. The van der Waals surface area contributed by atoms with Gasteiger partial charge in [-0.25, -0.2) is 0 Å². The predicted octanol–water partition coefficient (Wildman–Crippen LogP) is 5.18. The minimum Gasteiger partial charge on any atom is -0.385 e. The summed E-state index contributed by atoms with van der Waals surface area (Å²) >= 11 is 2.06. The van der Waals surface area contributed by atoms with Crippen molar-refractivity contribution >= 4 is 17.4 Å². The maximum Gasteiger partial charge on any atom is 0.0341 e. The van der Waals surface area contributed by atoms with E-state index in [1.807, 2.05) is 0 Å². The molecule has 100 valence electrons. The molecule has 1 N–H and O–H groups in total. The van der Waals surface area contributed by atoms with Crippen LogP contribution >= 0.6 is 11.8 Å². The van der Waals surface area contributed by atoms with E-state index < -0.39 is 0 Å². The molecule has 2 heteroatoms. The predicted molar refractivity (Wildman–Crippen MR) is 82.5 cm³/mol. The van der Waals surface area contributed by atoms with Crippen LogP contribution in [0.3, 0.4) is 0 Å². The zero-order valence-corrected chi connectivity index (χ0v) is 12.4. The lowest BCUT2D eigenvalue weighted by Gasteiger charge is -2.12. The van der Waals surface area contributed by atoms with Crippen LogP contribution in [0, 0.1) is 5.92 Å². The van der Waals surface area contributed by atoms with E-state index >= 15 is 0 Å². The Morgan fingerprint density at radius 3 is 2.50 bits per heavy atom. The highest BCUT2D eigenvalue weighted by Crippen LogP contribution is 2.34. The highest BCUT2D eigenvalue weighted by molar-refractivity contribution is 8.00. The van der Waals surface area contributed by atoms with Gasteiger partial charge in [-0.1, -0.05) is 33.1 Å². The monoisotopic (exact) mass is 263 g/mol. The van der Waals surface area contributed by atoms with Crippen LogP contribution in [-0.2, 0) is 0 Å². The van der Waals surface area contributed by atoms with Crippen molar-refractivity contribution in [1.29, 1.82) is 0 Å². The average molecular weight is 263 g/mol. The molecular weight excluding hydrogens is 238 g/mol. The maximum atomic E-state index is 3.51. The first-order valence-electron chi connectivity index (χ1n) is 7.28. The van der Waals surface area contributed by atoms with Gasteiger partial charge in [-0.05, 0) is 43.0 Å². The summed E-state index contributed by atoms with van der Waals surface area (Å²) in [6, 6.07) is 8.98. The number of hydrogen-bond acceptors (Lipinski definition) is 2. The van der Waals surface area contributed by atoms with Gasteiger partial charge in [-0.3, -0.25) is 0 Å². The molecule has 1 aromatic carbocycles. The maximum absolute atomic E-state index is 3.51. The lowest BCUT2D eigenvalue weighted by molar-refractivity contribution is 0.593. The summed E-state index contributed by atoms with van der Waals surface area (Å²) in [5, 5.41) is 4.37. The minimum atomic E-state index is 0.748. The van der Waals surface area contributed by atoms with Crippen molar-refractivity contribution in [2.24, 2.45) is 5.92 Å². The molecule has 18 heavy (non-hydrogen) atoms. The van der Waals surface area contributed by atoms with E-state index in [-0.39, 0.29) is 0 Å². The molecule has 1 aliphatic carbocycles. The molecule has 0 saturated heterocycles. The molecule has 0 heterocycles. The molecule has 1 atom stereocenters. The van der Waals surface area contributed by atoms with Crippen molar-refractivity contribution in [1.82, 2.24) is 0 Å². The molecule has 1 fully saturated rings. The third kappa shape index (κ3) is 4.24. The normalized spacial score (nSPS) is 17.9. The van der Waals surface area contributed by atoms with Crippen LogP contribution in [0.25, 0.3) is 0 Å². The number of anilines is 1. The molecule has 2 rings (SSSR count). The average Bonchev–Trinajstić information content (AvgIpc) is 2.90. The van der Waals surface area contributed by atoms with Gasteiger partial charge in [-0.2, -0.15) is 0 Å². The van der Waals surface area contributed by atoms with Gasteiger partial charge in [0.25, 0.3) is 0 Å². The molecule has 0 radical (unpaired) electrons. The molecule has 0 bridgehead atoms. The summed E-state index contributed by atoms with van der Waals surface area (Å²) in [5.41, 5.74) is 1.26. The summed E-state index contributed by atoms with van der Waals surface area (Å²) < 4.78 is 0. The van der Waals surface area contributed by atoms with Crippen LogP contribution in [0.2, 0.25) is 0 Å². The molecule has 0 amide bonds. The number of nitrogens with one attached hydrogen (secondary N) is 1. The Morgan fingerprint density at radius 1 is 1.22 bits per heavy atom. The van der Waals surface area contributed by atoms with Gasteiger partial charge < -0.3 is 5.32 Å². The van der Waals surface area contributed by atoms with Crippen molar-refractivity contribution in [3.05, 3.63) is 24.3 Å². The fraction of sp³-hybridized carbons (Fsp3) is 0.625. The Bertz CT molecular complexity index is 341. The smallest absolute Gasteiger partial charge is 0.0341 e. The molecule has 0 spiro atoms. The highest BCUT2D eigenvalue weighted by Gasteiger charge is 2.15. The third-order valence-electron chi connectivity index (χ3n) is 3.81. The van der Waals surface area contributed by atoms with Crippen LogP contribution in [0.1, 0.15) is 46.0 Å². The zero-order chi connectivity index (χ0) is 12.8. The quantitative estimate of drug-likeness (QED) is 0.759. The van der Waals surface area contributed by atoms with Gasteiger partial charge in [0.2, 0.25) is 0 Å². The van der Waals surface area contributed by atoms with Gasteiger partial charge in [0.1, 0.15) is 0 Å². The van der Waals surface area contributed by atoms with Crippen molar-refractivity contribution in [3.63, 3.8) is 0 Å². The number of rotatable bonds is 6. The molecular formula is C16H25NS. The molecule has 1 aliphatic rings. The second-order valence-corrected chi connectivity index (χ2v) is 6.82. The highest BCUT2D eigenvalue weighted by atomic mass is 32.2. The Kier molecular flexibility index (Phi) is 5.43. The third-order valence-corrected chi connectivity index (χ3v) is 5.16. The standard InChI is InChI=1S/C16H25NS/c1-3-13(2)12-17-14-8-10-16(11-9-14)18-15-6-4-5-7-15/h8-11,13,15,17H,3-7,12H2,1-2H3. The molecule has 0 aromatic heterocycles. The van der Waals surface area contributed by atoms with E-state index in [1.54, 1.807) is 0 Å². The lowest BCUT2D eigenvalue weighted by Crippen LogP contribution is -2.09. The fourth-order valence-electron chi connectivity index (χ4n) is 2.29.